The number of nitriles is 1. The predicted octanol–water partition coefficient (Wildman–Crippen LogP) is 6.06. The Hall–Kier alpha value is -3.72. The molecule has 0 unspecified atom stereocenters. The molecule has 5 nitrogen and oxygen atoms in total. The van der Waals surface area contributed by atoms with Crippen molar-refractivity contribution >= 4 is 23.2 Å². The summed E-state index contributed by atoms with van der Waals surface area (Å²) in [4.78, 5) is 0. The van der Waals surface area contributed by atoms with E-state index in [4.69, 9.17) is 38.8 Å². The third-order valence-electron chi connectivity index (χ3n) is 5.37. The fraction of sp³-hybridized carbons (Fsp3) is 0.0400. The lowest BCUT2D eigenvalue weighted by atomic mass is 9.83. The van der Waals surface area contributed by atoms with Crippen molar-refractivity contribution in [1.82, 2.24) is 9.78 Å². The summed E-state index contributed by atoms with van der Waals surface area (Å²) in [6, 6.07) is 26.8. The molecule has 1 atom stereocenters. The van der Waals surface area contributed by atoms with Crippen molar-refractivity contribution in [3.05, 3.63) is 111 Å². The number of halogens is 2. The highest BCUT2D eigenvalue weighted by atomic mass is 35.5. The maximum Gasteiger partial charge on any atom is 0.229 e. The number of nitrogens with zero attached hydrogens (tertiary/aromatic N) is 3. The van der Waals surface area contributed by atoms with Crippen LogP contribution >= 0.6 is 23.2 Å². The van der Waals surface area contributed by atoms with Gasteiger partial charge in [0.15, 0.2) is 0 Å². The van der Waals surface area contributed by atoms with Crippen LogP contribution in [0.5, 0.6) is 5.88 Å². The van der Waals surface area contributed by atoms with Crippen LogP contribution in [0.15, 0.2) is 90.3 Å². The number of allylic oxidation sites excluding steroid dienone is 1. The van der Waals surface area contributed by atoms with Crippen molar-refractivity contribution in [1.29, 1.82) is 5.26 Å². The summed E-state index contributed by atoms with van der Waals surface area (Å²) < 4.78 is 7.71. The monoisotopic (exact) mass is 458 g/mol. The smallest absolute Gasteiger partial charge is 0.229 e. The van der Waals surface area contributed by atoms with Gasteiger partial charge in [0, 0.05) is 15.6 Å². The normalized spacial score (nSPS) is 15.1. The van der Waals surface area contributed by atoms with Gasteiger partial charge in [-0.25, -0.2) is 0 Å². The lowest BCUT2D eigenvalue weighted by Crippen LogP contribution is -2.22. The molecule has 1 aromatic heterocycles. The second-order valence-electron chi connectivity index (χ2n) is 7.27. The highest BCUT2D eigenvalue weighted by Gasteiger charge is 2.38. The van der Waals surface area contributed by atoms with E-state index < -0.39 is 5.92 Å². The molecule has 1 aliphatic rings. The van der Waals surface area contributed by atoms with E-state index >= 15 is 0 Å². The zero-order chi connectivity index (χ0) is 22.2. The number of para-hydroxylation sites is 1. The Bertz CT molecular complexity index is 1390. The van der Waals surface area contributed by atoms with Crippen LogP contribution in [-0.2, 0) is 0 Å². The molecule has 5 rings (SSSR count). The van der Waals surface area contributed by atoms with Crippen LogP contribution in [0.4, 0.5) is 0 Å². The molecule has 0 bridgehead atoms. The van der Waals surface area contributed by atoms with Gasteiger partial charge in [-0.05, 0) is 29.8 Å². The Balaban J connectivity index is 1.85. The van der Waals surface area contributed by atoms with Gasteiger partial charge < -0.3 is 10.5 Å². The molecule has 0 aliphatic carbocycles. The van der Waals surface area contributed by atoms with E-state index in [1.807, 2.05) is 66.7 Å². The molecule has 0 saturated carbocycles. The quantitative estimate of drug-likeness (QED) is 0.404. The van der Waals surface area contributed by atoms with Crippen molar-refractivity contribution < 1.29 is 4.74 Å². The molecule has 0 fully saturated rings. The summed E-state index contributed by atoms with van der Waals surface area (Å²) in [5, 5.41) is 15.8. The van der Waals surface area contributed by atoms with Crippen LogP contribution < -0.4 is 10.5 Å². The van der Waals surface area contributed by atoms with Crippen LogP contribution in [0.25, 0.3) is 16.9 Å². The number of rotatable bonds is 3. The molecule has 4 aromatic rings. The van der Waals surface area contributed by atoms with Gasteiger partial charge in [0.25, 0.3) is 0 Å². The van der Waals surface area contributed by atoms with Gasteiger partial charge in [-0.3, -0.25) is 0 Å². The average molecular weight is 459 g/mol. The molecule has 156 valence electrons. The maximum atomic E-state index is 9.99. The average Bonchev–Trinajstić information content (AvgIpc) is 3.18. The number of nitrogens with two attached hydrogens (primary N) is 1. The van der Waals surface area contributed by atoms with Crippen molar-refractivity contribution in [2.45, 2.75) is 5.92 Å². The first kappa shape index (κ1) is 20.2. The first-order valence-electron chi connectivity index (χ1n) is 9.84. The van der Waals surface area contributed by atoms with Crippen LogP contribution in [0.2, 0.25) is 10.0 Å². The van der Waals surface area contributed by atoms with E-state index in [0.29, 0.717) is 27.2 Å². The third kappa shape index (κ3) is 3.31. The van der Waals surface area contributed by atoms with Crippen molar-refractivity contribution in [3.63, 3.8) is 0 Å². The molecule has 0 spiro atoms. The van der Waals surface area contributed by atoms with Crippen LogP contribution in [0.3, 0.4) is 0 Å². The molecular weight excluding hydrogens is 443 g/mol. The largest absolute Gasteiger partial charge is 0.422 e. The molecule has 0 radical (unpaired) electrons. The van der Waals surface area contributed by atoms with E-state index in [0.717, 1.165) is 16.8 Å². The van der Waals surface area contributed by atoms with Crippen molar-refractivity contribution in [2.75, 3.05) is 0 Å². The summed E-state index contributed by atoms with van der Waals surface area (Å²) in [5.41, 5.74) is 10.3. The van der Waals surface area contributed by atoms with E-state index in [2.05, 4.69) is 6.07 Å². The number of hydrogen-bond acceptors (Lipinski definition) is 4. The number of benzene rings is 3. The number of ether oxygens (including phenoxy) is 1. The van der Waals surface area contributed by atoms with Crippen LogP contribution in [-0.4, -0.2) is 9.78 Å². The summed E-state index contributed by atoms with van der Waals surface area (Å²) in [6.07, 6.45) is 0. The zero-order valence-electron chi connectivity index (χ0n) is 16.7. The van der Waals surface area contributed by atoms with Gasteiger partial charge in [-0.2, -0.15) is 15.0 Å². The molecular formula is C25H16Cl2N4O. The van der Waals surface area contributed by atoms with Gasteiger partial charge in [-0.1, -0.05) is 77.8 Å². The summed E-state index contributed by atoms with van der Waals surface area (Å²) >= 11 is 12.7. The fourth-order valence-electron chi connectivity index (χ4n) is 3.94. The minimum absolute atomic E-state index is 0.0210. The molecule has 0 saturated heterocycles. The van der Waals surface area contributed by atoms with Gasteiger partial charge in [-0.15, -0.1) is 0 Å². The zero-order valence-corrected chi connectivity index (χ0v) is 18.2. The minimum atomic E-state index is -0.568. The molecule has 3 aromatic carbocycles. The summed E-state index contributed by atoms with van der Waals surface area (Å²) in [7, 11) is 0. The topological polar surface area (TPSA) is 76.9 Å². The number of hydrogen-bond donors (Lipinski definition) is 1. The Morgan fingerprint density at radius 1 is 0.969 bits per heavy atom. The Kier molecular flexibility index (Phi) is 5.10. The molecule has 2 N–H and O–H groups in total. The summed E-state index contributed by atoms with van der Waals surface area (Å²) in [5.74, 6) is -0.100. The summed E-state index contributed by atoms with van der Waals surface area (Å²) in [6.45, 7) is 0. The predicted molar refractivity (Wildman–Crippen MR) is 125 cm³/mol. The lowest BCUT2D eigenvalue weighted by molar-refractivity contribution is 0.367. The highest BCUT2D eigenvalue weighted by molar-refractivity contribution is 6.35. The van der Waals surface area contributed by atoms with E-state index in [1.165, 1.54) is 0 Å². The van der Waals surface area contributed by atoms with Crippen molar-refractivity contribution in [2.24, 2.45) is 5.73 Å². The van der Waals surface area contributed by atoms with Gasteiger partial charge in [0.05, 0.1) is 17.2 Å². The Labute approximate surface area is 194 Å². The lowest BCUT2D eigenvalue weighted by Gasteiger charge is -2.26. The second-order valence-corrected chi connectivity index (χ2v) is 8.12. The number of aromatic nitrogens is 2. The third-order valence-corrected chi connectivity index (χ3v) is 5.93. The molecule has 32 heavy (non-hydrogen) atoms. The van der Waals surface area contributed by atoms with E-state index in [-0.39, 0.29) is 11.5 Å². The number of fused-ring (bicyclic) bond motifs is 1. The fourth-order valence-corrected chi connectivity index (χ4v) is 4.46. The van der Waals surface area contributed by atoms with Crippen molar-refractivity contribution in [3.8, 4) is 28.9 Å². The van der Waals surface area contributed by atoms with Gasteiger partial charge in [0.1, 0.15) is 17.3 Å². The Morgan fingerprint density at radius 3 is 2.31 bits per heavy atom. The first-order valence-corrected chi connectivity index (χ1v) is 10.6. The van der Waals surface area contributed by atoms with Gasteiger partial charge in [0.2, 0.25) is 11.8 Å². The van der Waals surface area contributed by atoms with Gasteiger partial charge >= 0.3 is 0 Å². The highest BCUT2D eigenvalue weighted by Crippen LogP contribution is 2.49. The first-order chi connectivity index (χ1) is 15.6. The second kappa shape index (κ2) is 8.08. The standard InChI is InChI=1S/C25H16Cl2N4O/c26-16-11-12-18(20(27)13-16)21-19(14-28)24(29)32-25-22(21)23(15-7-3-1-4-8-15)30-31(25)17-9-5-2-6-10-17/h1-13,21H,29H2/t21-/m0/s1. The molecule has 2 heterocycles. The SMILES string of the molecule is N#CC1=C(N)Oc2c(c(-c3ccccc3)nn2-c2ccccc2)[C@H]1c1ccc(Cl)cc1Cl. The molecule has 0 amide bonds. The molecule has 1 aliphatic heterocycles. The van der Waals surface area contributed by atoms with E-state index in [1.54, 1.807) is 16.8 Å². The van der Waals surface area contributed by atoms with Crippen LogP contribution in [0, 0.1) is 11.3 Å². The Morgan fingerprint density at radius 2 is 1.66 bits per heavy atom. The molecule has 7 heteroatoms. The van der Waals surface area contributed by atoms with Crippen LogP contribution in [0.1, 0.15) is 17.0 Å². The van der Waals surface area contributed by atoms with E-state index in [9.17, 15) is 5.26 Å². The maximum absolute atomic E-state index is 9.99. The minimum Gasteiger partial charge on any atom is -0.422 e.